The molecule has 0 aliphatic carbocycles. The second-order valence-corrected chi connectivity index (χ2v) is 4.49. The number of carbonyl (C=O) groups excluding carboxylic acids is 2. The number of anilines is 1. The van der Waals surface area contributed by atoms with Gasteiger partial charge >= 0.3 is 6.09 Å². The Kier molecular flexibility index (Phi) is 5.02. The zero-order chi connectivity index (χ0) is 15.9. The Labute approximate surface area is 126 Å². The molecule has 1 aromatic heterocycles. The lowest BCUT2D eigenvalue weighted by Crippen LogP contribution is -2.29. The van der Waals surface area contributed by atoms with E-state index >= 15 is 0 Å². The average molecular weight is 301 g/mol. The quantitative estimate of drug-likeness (QED) is 0.845. The van der Waals surface area contributed by atoms with E-state index in [1.807, 2.05) is 30.3 Å². The van der Waals surface area contributed by atoms with E-state index < -0.39 is 11.7 Å². The third kappa shape index (κ3) is 3.78. The maximum atomic E-state index is 12.1. The topological polar surface area (TPSA) is 90.3 Å². The molecule has 1 aromatic carbocycles. The number of nitrogens with one attached hydrogen (secondary N) is 1. The van der Waals surface area contributed by atoms with Crippen LogP contribution < -0.4 is 10.9 Å². The fraction of sp³-hybridized carbons (Fsp3) is 0.200. The van der Waals surface area contributed by atoms with E-state index in [0.29, 0.717) is 12.1 Å². The van der Waals surface area contributed by atoms with Crippen molar-refractivity contribution in [2.24, 2.45) is 0 Å². The Morgan fingerprint density at radius 1 is 1.36 bits per heavy atom. The van der Waals surface area contributed by atoms with Gasteiger partial charge in [0.1, 0.15) is 24.4 Å². The van der Waals surface area contributed by atoms with E-state index in [9.17, 15) is 14.4 Å². The van der Waals surface area contributed by atoms with Crippen molar-refractivity contribution in [3.63, 3.8) is 0 Å². The first-order valence-electron chi connectivity index (χ1n) is 6.59. The standard InChI is InChI=1S/C15H15N3O4/c1-11-16-9-13(14(20)18(11)7-8-19)17-15(21)22-10-12-5-3-2-4-6-12/h2-6,8-9H,7,10H2,1H3,(H,17,21). The zero-order valence-electron chi connectivity index (χ0n) is 12.0. The summed E-state index contributed by atoms with van der Waals surface area (Å²) in [4.78, 5) is 38.3. The van der Waals surface area contributed by atoms with E-state index in [-0.39, 0.29) is 18.8 Å². The summed E-state index contributed by atoms with van der Waals surface area (Å²) in [5.74, 6) is 0.389. The van der Waals surface area contributed by atoms with Crippen LogP contribution in [-0.4, -0.2) is 21.9 Å². The second kappa shape index (κ2) is 7.16. The van der Waals surface area contributed by atoms with Gasteiger partial charge in [0, 0.05) is 0 Å². The molecular weight excluding hydrogens is 286 g/mol. The van der Waals surface area contributed by atoms with Gasteiger partial charge in [-0.3, -0.25) is 14.7 Å². The summed E-state index contributed by atoms with van der Waals surface area (Å²) < 4.78 is 6.19. The van der Waals surface area contributed by atoms with Gasteiger partial charge in [0.05, 0.1) is 12.7 Å². The van der Waals surface area contributed by atoms with Gasteiger partial charge in [-0.05, 0) is 12.5 Å². The summed E-state index contributed by atoms with van der Waals surface area (Å²) in [5.41, 5.74) is 0.291. The Bertz CT molecular complexity index is 725. The van der Waals surface area contributed by atoms with Gasteiger partial charge in [-0.2, -0.15) is 0 Å². The third-order valence-electron chi connectivity index (χ3n) is 2.95. The molecule has 7 heteroatoms. The van der Waals surface area contributed by atoms with E-state index in [4.69, 9.17) is 4.74 Å². The van der Waals surface area contributed by atoms with E-state index in [1.165, 1.54) is 10.8 Å². The lowest BCUT2D eigenvalue weighted by Gasteiger charge is -2.09. The lowest BCUT2D eigenvalue weighted by molar-refractivity contribution is -0.108. The molecule has 0 aliphatic heterocycles. The summed E-state index contributed by atoms with van der Waals surface area (Å²) >= 11 is 0. The lowest BCUT2D eigenvalue weighted by atomic mass is 10.2. The number of hydrogen-bond acceptors (Lipinski definition) is 5. The first-order chi connectivity index (χ1) is 10.6. The fourth-order valence-electron chi connectivity index (χ4n) is 1.82. The van der Waals surface area contributed by atoms with Crippen molar-refractivity contribution < 1.29 is 14.3 Å². The van der Waals surface area contributed by atoms with Gasteiger partial charge in [-0.1, -0.05) is 30.3 Å². The predicted octanol–water partition coefficient (Wildman–Crippen LogP) is 1.50. The molecule has 0 bridgehead atoms. The zero-order valence-corrected chi connectivity index (χ0v) is 12.0. The SMILES string of the molecule is Cc1ncc(NC(=O)OCc2ccccc2)c(=O)n1CC=O. The molecule has 0 spiro atoms. The largest absolute Gasteiger partial charge is 0.444 e. The minimum absolute atomic E-state index is 0.0366. The van der Waals surface area contributed by atoms with Crippen LogP contribution in [0.5, 0.6) is 0 Å². The molecule has 1 heterocycles. The number of aldehydes is 1. The molecular formula is C15H15N3O4. The van der Waals surface area contributed by atoms with Gasteiger partial charge in [-0.15, -0.1) is 0 Å². The molecule has 0 saturated heterocycles. The van der Waals surface area contributed by atoms with E-state index in [1.54, 1.807) is 6.92 Å². The van der Waals surface area contributed by atoms with Crippen LogP contribution in [-0.2, 0) is 22.7 Å². The number of amides is 1. The summed E-state index contributed by atoms with van der Waals surface area (Å²) in [6.45, 7) is 1.57. The van der Waals surface area contributed by atoms with E-state index in [2.05, 4.69) is 10.3 Å². The second-order valence-electron chi connectivity index (χ2n) is 4.49. The van der Waals surface area contributed by atoms with Crippen molar-refractivity contribution in [2.45, 2.75) is 20.1 Å². The van der Waals surface area contributed by atoms with Crippen LogP contribution in [0.1, 0.15) is 11.4 Å². The van der Waals surface area contributed by atoms with Crippen molar-refractivity contribution >= 4 is 18.1 Å². The molecule has 0 atom stereocenters. The minimum Gasteiger partial charge on any atom is -0.444 e. The van der Waals surface area contributed by atoms with Crippen LogP contribution in [0.2, 0.25) is 0 Å². The average Bonchev–Trinajstić information content (AvgIpc) is 2.53. The van der Waals surface area contributed by atoms with Crippen LogP contribution in [0.4, 0.5) is 10.5 Å². The number of aromatic nitrogens is 2. The minimum atomic E-state index is -0.760. The molecule has 0 unspecified atom stereocenters. The van der Waals surface area contributed by atoms with Crippen molar-refractivity contribution in [3.8, 4) is 0 Å². The van der Waals surface area contributed by atoms with Gasteiger partial charge < -0.3 is 9.53 Å². The molecule has 7 nitrogen and oxygen atoms in total. The Morgan fingerprint density at radius 2 is 2.09 bits per heavy atom. The monoisotopic (exact) mass is 301 g/mol. The molecule has 0 aliphatic rings. The van der Waals surface area contributed by atoms with Crippen LogP contribution >= 0.6 is 0 Å². The first kappa shape index (κ1) is 15.4. The highest BCUT2D eigenvalue weighted by Crippen LogP contribution is 2.04. The van der Waals surface area contributed by atoms with Crippen molar-refractivity contribution in [2.75, 3.05) is 5.32 Å². The maximum absolute atomic E-state index is 12.1. The molecule has 0 saturated carbocycles. The maximum Gasteiger partial charge on any atom is 0.412 e. The van der Waals surface area contributed by atoms with Crippen LogP contribution in [0.25, 0.3) is 0 Å². The van der Waals surface area contributed by atoms with Gasteiger partial charge in [0.25, 0.3) is 5.56 Å². The fourth-order valence-corrected chi connectivity index (χ4v) is 1.82. The molecule has 1 amide bonds. The molecule has 0 fully saturated rings. The van der Waals surface area contributed by atoms with Crippen LogP contribution in [0.3, 0.4) is 0 Å². The smallest absolute Gasteiger partial charge is 0.412 e. The Morgan fingerprint density at radius 3 is 2.77 bits per heavy atom. The molecule has 22 heavy (non-hydrogen) atoms. The summed E-state index contributed by atoms with van der Waals surface area (Å²) in [6, 6.07) is 9.16. The molecule has 2 aromatic rings. The third-order valence-corrected chi connectivity index (χ3v) is 2.95. The van der Waals surface area contributed by atoms with Gasteiger partial charge in [-0.25, -0.2) is 9.78 Å². The van der Waals surface area contributed by atoms with Crippen molar-refractivity contribution in [1.29, 1.82) is 0 Å². The van der Waals surface area contributed by atoms with Gasteiger partial charge in [0.15, 0.2) is 0 Å². The Balaban J connectivity index is 2.04. The molecule has 0 radical (unpaired) electrons. The number of ether oxygens (including phenoxy) is 1. The highest BCUT2D eigenvalue weighted by atomic mass is 16.5. The summed E-state index contributed by atoms with van der Waals surface area (Å²) in [7, 11) is 0. The molecule has 114 valence electrons. The highest BCUT2D eigenvalue weighted by molar-refractivity contribution is 5.84. The number of carbonyl (C=O) groups is 2. The molecule has 1 N–H and O–H groups in total. The van der Waals surface area contributed by atoms with Gasteiger partial charge in [0.2, 0.25) is 0 Å². The van der Waals surface area contributed by atoms with Crippen LogP contribution in [0.15, 0.2) is 41.3 Å². The Hall–Kier alpha value is -2.96. The number of aryl methyl sites for hydroxylation is 1. The highest BCUT2D eigenvalue weighted by Gasteiger charge is 2.11. The van der Waals surface area contributed by atoms with Crippen molar-refractivity contribution in [1.82, 2.24) is 9.55 Å². The first-order valence-corrected chi connectivity index (χ1v) is 6.59. The predicted molar refractivity (Wildman–Crippen MR) is 79.5 cm³/mol. The molecule has 2 rings (SSSR count). The van der Waals surface area contributed by atoms with Crippen LogP contribution in [0, 0.1) is 6.92 Å². The number of rotatable bonds is 5. The van der Waals surface area contributed by atoms with E-state index in [0.717, 1.165) is 5.56 Å². The summed E-state index contributed by atoms with van der Waals surface area (Å²) in [6.07, 6.45) is 1.07. The summed E-state index contributed by atoms with van der Waals surface area (Å²) in [5, 5.41) is 2.33. The number of nitrogens with zero attached hydrogens (tertiary/aromatic N) is 2. The number of benzene rings is 1. The normalized spacial score (nSPS) is 10.0. The van der Waals surface area contributed by atoms with Crippen molar-refractivity contribution in [3.05, 3.63) is 58.3 Å². The number of hydrogen-bond donors (Lipinski definition) is 1.